The lowest BCUT2D eigenvalue weighted by Crippen LogP contribution is -2.30. The third-order valence-corrected chi connectivity index (χ3v) is 7.35. The molecule has 29 heavy (non-hydrogen) atoms. The first kappa shape index (κ1) is 21.2. The van der Waals surface area contributed by atoms with Crippen LogP contribution < -0.4 is 13.8 Å². The summed E-state index contributed by atoms with van der Waals surface area (Å²) in [6.07, 6.45) is -0.177. The molecule has 1 aliphatic rings. The van der Waals surface area contributed by atoms with Crippen LogP contribution in [0.5, 0.6) is 5.75 Å². The van der Waals surface area contributed by atoms with Gasteiger partial charge in [0, 0.05) is 18.5 Å². The standard InChI is InChI=1S/C18H19FN2O6S2/c1-2-27-16-8-7-14(21-18(22)9-10-28(21,23)24)11-17(16)29(25,26)20-12-13-5-3-4-6-15(13)19/h3-8,11,20H,2,9-10,12H2,1H3. The van der Waals surface area contributed by atoms with E-state index in [9.17, 15) is 26.0 Å². The number of benzene rings is 2. The van der Waals surface area contributed by atoms with Crippen LogP contribution in [-0.2, 0) is 31.4 Å². The second-order valence-electron chi connectivity index (χ2n) is 6.20. The van der Waals surface area contributed by atoms with Crippen LogP contribution in [0.3, 0.4) is 0 Å². The lowest BCUT2D eigenvalue weighted by molar-refractivity contribution is -0.116. The fourth-order valence-electron chi connectivity index (χ4n) is 2.87. The van der Waals surface area contributed by atoms with Gasteiger partial charge < -0.3 is 4.74 Å². The molecule has 0 atom stereocenters. The van der Waals surface area contributed by atoms with Crippen LogP contribution in [-0.4, -0.2) is 35.1 Å². The van der Waals surface area contributed by atoms with Gasteiger partial charge in [0.2, 0.25) is 26.0 Å². The molecule has 0 aliphatic carbocycles. The zero-order valence-corrected chi connectivity index (χ0v) is 17.1. The minimum Gasteiger partial charge on any atom is -0.492 e. The fraction of sp³-hybridized carbons (Fsp3) is 0.278. The van der Waals surface area contributed by atoms with Crippen molar-refractivity contribution in [2.24, 2.45) is 0 Å². The van der Waals surface area contributed by atoms with Crippen LogP contribution in [0.4, 0.5) is 10.1 Å². The quantitative estimate of drug-likeness (QED) is 0.700. The summed E-state index contributed by atoms with van der Waals surface area (Å²) in [5.74, 6) is -1.56. The summed E-state index contributed by atoms with van der Waals surface area (Å²) in [5.41, 5.74) is 0.0460. The van der Waals surface area contributed by atoms with Crippen LogP contribution in [0.1, 0.15) is 18.9 Å². The third kappa shape index (κ3) is 4.41. The molecule has 156 valence electrons. The number of ether oxygens (including phenoxy) is 1. The minimum absolute atomic E-state index is 0.0127. The van der Waals surface area contributed by atoms with Crippen molar-refractivity contribution in [3.8, 4) is 5.75 Å². The van der Waals surface area contributed by atoms with E-state index in [-0.39, 0.29) is 47.2 Å². The van der Waals surface area contributed by atoms with Crippen LogP contribution >= 0.6 is 0 Å². The summed E-state index contributed by atoms with van der Waals surface area (Å²) in [5, 5.41) is 0. The molecule has 2 aromatic rings. The van der Waals surface area contributed by atoms with Gasteiger partial charge in [-0.25, -0.2) is 30.3 Å². The van der Waals surface area contributed by atoms with Crippen molar-refractivity contribution in [1.82, 2.24) is 4.72 Å². The maximum Gasteiger partial charge on any atom is 0.244 e. The number of nitrogens with zero attached hydrogens (tertiary/aromatic N) is 1. The predicted octanol–water partition coefficient (Wildman–Crippen LogP) is 1.77. The number of halogens is 1. The van der Waals surface area contributed by atoms with Crippen molar-refractivity contribution in [1.29, 1.82) is 0 Å². The molecule has 0 unspecified atom stereocenters. The van der Waals surface area contributed by atoms with Crippen molar-refractivity contribution in [2.45, 2.75) is 24.8 Å². The summed E-state index contributed by atoms with van der Waals surface area (Å²) in [7, 11) is -8.07. The number of hydrogen-bond acceptors (Lipinski definition) is 6. The van der Waals surface area contributed by atoms with Gasteiger partial charge in [-0.15, -0.1) is 0 Å². The van der Waals surface area contributed by atoms with Gasteiger partial charge in [-0.1, -0.05) is 18.2 Å². The maximum absolute atomic E-state index is 13.8. The highest BCUT2D eigenvalue weighted by Gasteiger charge is 2.37. The summed E-state index contributed by atoms with van der Waals surface area (Å²) in [4.78, 5) is 11.7. The SMILES string of the molecule is CCOc1ccc(N2C(=O)CCS2(=O)=O)cc1S(=O)(=O)NCc1ccccc1F. The van der Waals surface area contributed by atoms with Gasteiger partial charge in [-0.3, -0.25) is 4.79 Å². The molecular formula is C18H19FN2O6S2. The first-order chi connectivity index (χ1) is 13.7. The highest BCUT2D eigenvalue weighted by Crippen LogP contribution is 2.32. The average Bonchev–Trinajstić information content (AvgIpc) is 2.94. The van der Waals surface area contributed by atoms with E-state index in [2.05, 4.69) is 4.72 Å². The van der Waals surface area contributed by atoms with Gasteiger partial charge in [0.25, 0.3) is 0 Å². The van der Waals surface area contributed by atoms with E-state index >= 15 is 0 Å². The molecule has 1 N–H and O–H groups in total. The van der Waals surface area contributed by atoms with Crippen molar-refractivity contribution in [3.63, 3.8) is 0 Å². The molecule has 11 heteroatoms. The van der Waals surface area contributed by atoms with E-state index in [4.69, 9.17) is 4.74 Å². The Balaban J connectivity index is 1.99. The predicted molar refractivity (Wildman–Crippen MR) is 104 cm³/mol. The average molecular weight is 442 g/mol. The van der Waals surface area contributed by atoms with Crippen molar-refractivity contribution in [2.75, 3.05) is 16.7 Å². The Kier molecular flexibility index (Phi) is 5.92. The first-order valence-electron chi connectivity index (χ1n) is 8.71. The second kappa shape index (κ2) is 8.09. The number of amides is 1. The van der Waals surface area contributed by atoms with Crippen LogP contribution in [0.2, 0.25) is 0 Å². The van der Waals surface area contributed by atoms with Gasteiger partial charge in [-0.05, 0) is 31.2 Å². The Morgan fingerprint density at radius 2 is 1.93 bits per heavy atom. The van der Waals surface area contributed by atoms with Crippen molar-refractivity contribution in [3.05, 3.63) is 53.8 Å². The lowest BCUT2D eigenvalue weighted by Gasteiger charge is -2.18. The minimum atomic E-state index is -4.21. The van der Waals surface area contributed by atoms with E-state index in [1.54, 1.807) is 13.0 Å². The third-order valence-electron chi connectivity index (χ3n) is 4.24. The number of carbonyl (C=O) groups is 1. The number of rotatable bonds is 7. The molecule has 0 saturated carbocycles. The zero-order chi connectivity index (χ0) is 21.2. The normalized spacial score (nSPS) is 16.2. The Labute approximate surface area is 168 Å². The van der Waals surface area contributed by atoms with Gasteiger partial charge >= 0.3 is 0 Å². The second-order valence-corrected chi connectivity index (χ2v) is 9.88. The maximum atomic E-state index is 13.8. The summed E-state index contributed by atoms with van der Waals surface area (Å²) in [6, 6.07) is 9.36. The van der Waals surface area contributed by atoms with Gasteiger partial charge in [0.1, 0.15) is 16.5 Å². The lowest BCUT2D eigenvalue weighted by atomic mass is 10.2. The van der Waals surface area contributed by atoms with E-state index < -0.39 is 31.8 Å². The Hall–Kier alpha value is -2.50. The molecule has 3 rings (SSSR count). The molecule has 1 saturated heterocycles. The molecule has 1 amide bonds. The summed E-state index contributed by atoms with van der Waals surface area (Å²) < 4.78 is 72.1. The fourth-order valence-corrected chi connectivity index (χ4v) is 5.49. The molecule has 0 spiro atoms. The highest BCUT2D eigenvalue weighted by molar-refractivity contribution is 7.94. The van der Waals surface area contributed by atoms with Crippen molar-refractivity contribution < 1.29 is 30.8 Å². The van der Waals surface area contributed by atoms with Gasteiger partial charge in [-0.2, -0.15) is 0 Å². The van der Waals surface area contributed by atoms with E-state index in [0.29, 0.717) is 4.31 Å². The summed E-state index contributed by atoms with van der Waals surface area (Å²) in [6.45, 7) is 1.51. The molecular weight excluding hydrogens is 423 g/mol. The molecule has 1 heterocycles. The van der Waals surface area contributed by atoms with Gasteiger partial charge in [0.15, 0.2) is 0 Å². The van der Waals surface area contributed by atoms with E-state index in [0.717, 1.165) is 6.07 Å². The van der Waals surface area contributed by atoms with E-state index in [1.165, 1.54) is 30.3 Å². The zero-order valence-electron chi connectivity index (χ0n) is 15.5. The largest absolute Gasteiger partial charge is 0.492 e. The molecule has 0 bridgehead atoms. The van der Waals surface area contributed by atoms with E-state index in [1.807, 2.05) is 0 Å². The van der Waals surface area contributed by atoms with Crippen molar-refractivity contribution >= 4 is 31.6 Å². The van der Waals surface area contributed by atoms with Gasteiger partial charge in [0.05, 0.1) is 18.0 Å². The topological polar surface area (TPSA) is 110 Å². The molecule has 0 aromatic heterocycles. The Morgan fingerprint density at radius 3 is 2.55 bits per heavy atom. The number of hydrogen-bond donors (Lipinski definition) is 1. The number of carbonyl (C=O) groups excluding carboxylic acids is 1. The molecule has 1 fully saturated rings. The Morgan fingerprint density at radius 1 is 1.21 bits per heavy atom. The van der Waals surface area contributed by atoms with Crippen LogP contribution in [0, 0.1) is 5.82 Å². The van der Waals surface area contributed by atoms with Crippen LogP contribution in [0.15, 0.2) is 47.4 Å². The molecule has 1 aliphatic heterocycles. The monoisotopic (exact) mass is 442 g/mol. The number of sulfonamides is 2. The number of anilines is 1. The molecule has 0 radical (unpaired) electrons. The van der Waals surface area contributed by atoms with Crippen LogP contribution in [0.25, 0.3) is 0 Å². The number of nitrogens with one attached hydrogen (secondary N) is 1. The first-order valence-corrected chi connectivity index (χ1v) is 11.8. The summed E-state index contributed by atoms with van der Waals surface area (Å²) >= 11 is 0. The Bertz CT molecular complexity index is 1150. The molecule has 2 aromatic carbocycles. The molecule has 8 nitrogen and oxygen atoms in total. The highest BCUT2D eigenvalue weighted by atomic mass is 32.2. The smallest absolute Gasteiger partial charge is 0.244 e.